The predicted octanol–water partition coefficient (Wildman–Crippen LogP) is 1.18. The maximum Gasteiger partial charge on any atom is 0.339 e. The molecular formula is C27H32O14. The summed E-state index contributed by atoms with van der Waals surface area (Å²) in [4.78, 5) is 84.1. The molecular weight excluding hydrogens is 548 g/mol. The highest BCUT2D eigenvalue weighted by molar-refractivity contribution is 5.93. The SMILES string of the molecule is CC(=O)OC[C@H]1OC(C(OC(C)=O)C(=O)Cc2ccc(C(=O)O)c(OC(C)=O)c2)[C@H](OC(C)=O)[C@@H](OC(C)=O)[C@@H]1C. The summed E-state index contributed by atoms with van der Waals surface area (Å²) in [6.45, 7) is 6.76. The van der Waals surface area contributed by atoms with Crippen molar-refractivity contribution < 1.29 is 67.1 Å². The predicted molar refractivity (Wildman–Crippen MR) is 135 cm³/mol. The number of carbonyl (C=O) groups excluding carboxylic acids is 6. The summed E-state index contributed by atoms with van der Waals surface area (Å²) in [5, 5.41) is 9.38. The van der Waals surface area contributed by atoms with Crippen LogP contribution in [0.4, 0.5) is 0 Å². The zero-order valence-electron chi connectivity index (χ0n) is 23.4. The van der Waals surface area contributed by atoms with Crippen LogP contribution in [0.1, 0.15) is 57.5 Å². The second-order valence-corrected chi connectivity index (χ2v) is 9.35. The molecule has 1 saturated heterocycles. The van der Waals surface area contributed by atoms with Crippen molar-refractivity contribution in [3.8, 4) is 5.75 Å². The molecule has 0 saturated carbocycles. The molecule has 224 valence electrons. The third-order valence-corrected chi connectivity index (χ3v) is 5.96. The lowest BCUT2D eigenvalue weighted by molar-refractivity contribution is -0.246. The van der Waals surface area contributed by atoms with Gasteiger partial charge in [-0.25, -0.2) is 4.79 Å². The Morgan fingerprint density at radius 1 is 0.854 bits per heavy atom. The smallest absolute Gasteiger partial charge is 0.339 e. The number of aromatic carboxylic acids is 1. The van der Waals surface area contributed by atoms with E-state index in [0.717, 1.165) is 33.8 Å². The minimum absolute atomic E-state index is 0.189. The summed E-state index contributed by atoms with van der Waals surface area (Å²) in [6, 6.07) is 3.61. The topological polar surface area (TPSA) is 195 Å². The van der Waals surface area contributed by atoms with Crippen molar-refractivity contribution in [2.75, 3.05) is 6.61 Å². The van der Waals surface area contributed by atoms with Crippen LogP contribution in [-0.4, -0.2) is 83.8 Å². The summed E-state index contributed by atoms with van der Waals surface area (Å²) in [5.41, 5.74) is -0.139. The lowest BCUT2D eigenvalue weighted by Crippen LogP contribution is -2.62. The first kappa shape index (κ1) is 32.9. The number of Topliss-reactive ketones (excluding diaryl/α,β-unsaturated/α-hetero) is 1. The van der Waals surface area contributed by atoms with Gasteiger partial charge in [0.15, 0.2) is 18.0 Å². The summed E-state index contributed by atoms with van der Waals surface area (Å²) in [6.07, 6.45) is -7.29. The molecule has 0 bridgehead atoms. The minimum Gasteiger partial charge on any atom is -0.478 e. The molecule has 0 aliphatic carbocycles. The molecule has 0 radical (unpaired) electrons. The van der Waals surface area contributed by atoms with Gasteiger partial charge in [0.25, 0.3) is 0 Å². The Balaban J connectivity index is 2.54. The van der Waals surface area contributed by atoms with Gasteiger partial charge in [-0.05, 0) is 17.7 Å². The van der Waals surface area contributed by atoms with Gasteiger partial charge >= 0.3 is 35.8 Å². The quantitative estimate of drug-likeness (QED) is 0.223. The standard InChI is InChI=1S/C27H32O14/c1-12-22(11-36-13(2)28)41-26(25(40-17(6)32)23(12)38-15(4)30)24(39-16(5)31)20(33)9-18-7-8-19(27(34)35)21(10-18)37-14(3)29/h7-8,10,12,22-26H,9,11H2,1-6H3,(H,34,35)/t12-,22-,23+,24?,25-,26?/m1/s1. The average molecular weight is 581 g/mol. The molecule has 0 spiro atoms. The molecule has 2 unspecified atom stereocenters. The zero-order chi connectivity index (χ0) is 31.0. The minimum atomic E-state index is -1.72. The molecule has 1 heterocycles. The van der Waals surface area contributed by atoms with Crippen LogP contribution in [-0.2, 0) is 58.9 Å². The number of esters is 5. The first-order chi connectivity index (χ1) is 19.1. The van der Waals surface area contributed by atoms with Gasteiger partial charge in [-0.2, -0.15) is 0 Å². The van der Waals surface area contributed by atoms with Crippen molar-refractivity contribution in [3.05, 3.63) is 29.3 Å². The molecule has 1 aromatic carbocycles. The molecule has 0 amide bonds. The third kappa shape index (κ3) is 9.38. The van der Waals surface area contributed by atoms with Crippen molar-refractivity contribution >= 4 is 41.6 Å². The highest BCUT2D eigenvalue weighted by atomic mass is 16.6. The van der Waals surface area contributed by atoms with E-state index in [-0.39, 0.29) is 23.5 Å². The van der Waals surface area contributed by atoms with E-state index in [9.17, 15) is 38.7 Å². The number of carboxylic acids is 1. The van der Waals surface area contributed by atoms with Crippen LogP contribution in [0, 0.1) is 5.92 Å². The fourth-order valence-electron chi connectivity index (χ4n) is 4.32. The molecule has 14 heteroatoms. The highest BCUT2D eigenvalue weighted by Gasteiger charge is 2.53. The first-order valence-corrected chi connectivity index (χ1v) is 12.5. The number of ether oxygens (including phenoxy) is 6. The molecule has 14 nitrogen and oxygen atoms in total. The van der Waals surface area contributed by atoms with Crippen LogP contribution >= 0.6 is 0 Å². The van der Waals surface area contributed by atoms with Gasteiger partial charge in [0.05, 0.1) is 6.10 Å². The third-order valence-electron chi connectivity index (χ3n) is 5.96. The molecule has 1 aromatic rings. The van der Waals surface area contributed by atoms with Crippen molar-refractivity contribution in [2.45, 2.75) is 78.5 Å². The van der Waals surface area contributed by atoms with Crippen molar-refractivity contribution in [2.24, 2.45) is 5.92 Å². The fraction of sp³-hybridized carbons (Fsp3) is 0.519. The van der Waals surface area contributed by atoms with Crippen LogP contribution < -0.4 is 4.74 Å². The first-order valence-electron chi connectivity index (χ1n) is 12.5. The van der Waals surface area contributed by atoms with Crippen LogP contribution in [0.25, 0.3) is 0 Å². The number of carbonyl (C=O) groups is 7. The molecule has 0 aromatic heterocycles. The van der Waals surface area contributed by atoms with Gasteiger partial charge in [0.2, 0.25) is 0 Å². The number of benzene rings is 1. The summed E-state index contributed by atoms with van der Waals surface area (Å²) in [7, 11) is 0. The Hall–Kier alpha value is -4.33. The van der Waals surface area contributed by atoms with E-state index in [2.05, 4.69) is 0 Å². The molecule has 2 rings (SSSR count). The van der Waals surface area contributed by atoms with Crippen molar-refractivity contribution in [1.82, 2.24) is 0 Å². The lowest BCUT2D eigenvalue weighted by Gasteiger charge is -2.45. The van der Waals surface area contributed by atoms with Gasteiger partial charge in [-0.3, -0.25) is 28.8 Å². The molecule has 6 atom stereocenters. The number of hydrogen-bond donors (Lipinski definition) is 1. The second-order valence-electron chi connectivity index (χ2n) is 9.35. The van der Waals surface area contributed by atoms with E-state index >= 15 is 0 Å². The Morgan fingerprint density at radius 3 is 1.98 bits per heavy atom. The van der Waals surface area contributed by atoms with E-state index in [4.69, 9.17) is 28.4 Å². The van der Waals surface area contributed by atoms with Gasteiger partial charge in [0, 0.05) is 47.0 Å². The number of hydrogen-bond acceptors (Lipinski definition) is 13. The molecule has 1 aliphatic heterocycles. The van der Waals surface area contributed by atoms with Crippen LogP contribution in [0.3, 0.4) is 0 Å². The summed E-state index contributed by atoms with van der Waals surface area (Å²) >= 11 is 0. The molecule has 1 fully saturated rings. The van der Waals surface area contributed by atoms with E-state index < -0.39 is 84.5 Å². The molecule has 41 heavy (non-hydrogen) atoms. The Bertz CT molecular complexity index is 1200. The van der Waals surface area contributed by atoms with Gasteiger partial charge in [0.1, 0.15) is 30.1 Å². The normalized spacial score (nSPS) is 22.4. The number of carboxylic acid groups (broad SMARTS) is 1. The zero-order valence-corrected chi connectivity index (χ0v) is 23.4. The van der Waals surface area contributed by atoms with Crippen LogP contribution in [0.5, 0.6) is 5.75 Å². The largest absolute Gasteiger partial charge is 0.478 e. The second kappa shape index (κ2) is 14.3. The van der Waals surface area contributed by atoms with Crippen LogP contribution in [0.15, 0.2) is 18.2 Å². The average Bonchev–Trinajstić information content (AvgIpc) is 2.83. The number of ketones is 1. The maximum atomic E-state index is 13.6. The Labute approximate surface area is 235 Å². The van der Waals surface area contributed by atoms with Crippen LogP contribution in [0.2, 0.25) is 0 Å². The van der Waals surface area contributed by atoms with Gasteiger partial charge < -0.3 is 33.5 Å². The van der Waals surface area contributed by atoms with Gasteiger partial charge in [-0.15, -0.1) is 0 Å². The fourth-order valence-corrected chi connectivity index (χ4v) is 4.32. The Morgan fingerprint density at radius 2 is 1.46 bits per heavy atom. The summed E-state index contributed by atoms with van der Waals surface area (Å²) in [5.74, 6) is -7.04. The molecule has 1 N–H and O–H groups in total. The van der Waals surface area contributed by atoms with E-state index in [1.54, 1.807) is 6.92 Å². The lowest BCUT2D eigenvalue weighted by atomic mass is 9.84. The van der Waals surface area contributed by atoms with Gasteiger partial charge in [-0.1, -0.05) is 13.0 Å². The van der Waals surface area contributed by atoms with E-state index in [0.29, 0.717) is 0 Å². The monoisotopic (exact) mass is 580 g/mol. The molecule has 1 aliphatic rings. The maximum absolute atomic E-state index is 13.6. The van der Waals surface area contributed by atoms with Crippen molar-refractivity contribution in [3.63, 3.8) is 0 Å². The van der Waals surface area contributed by atoms with E-state index in [1.165, 1.54) is 19.1 Å². The van der Waals surface area contributed by atoms with Crippen molar-refractivity contribution in [1.29, 1.82) is 0 Å². The highest BCUT2D eigenvalue weighted by Crippen LogP contribution is 2.34. The number of rotatable bonds is 11. The van der Waals surface area contributed by atoms with E-state index in [1.807, 2.05) is 0 Å². The Kier molecular flexibility index (Phi) is 11.5. The summed E-state index contributed by atoms with van der Waals surface area (Å²) < 4.78 is 32.2.